The Hall–Kier alpha value is -1.72. The molecule has 2 atom stereocenters. The van der Waals surface area contributed by atoms with Crippen LogP contribution >= 0.6 is 0 Å². The number of aryl methyl sites for hydroxylation is 1. The first-order valence-electron chi connectivity index (χ1n) is 6.14. The topological polar surface area (TPSA) is 63.0 Å². The molecule has 1 fully saturated rings. The van der Waals surface area contributed by atoms with Gasteiger partial charge in [0.2, 0.25) is 0 Å². The fourth-order valence-corrected chi connectivity index (χ4v) is 2.41. The van der Waals surface area contributed by atoms with E-state index in [-0.39, 0.29) is 12.1 Å². The zero-order valence-corrected chi connectivity index (χ0v) is 10.2. The van der Waals surface area contributed by atoms with Crippen LogP contribution in [0, 0.1) is 6.92 Å². The average Bonchev–Trinajstić information content (AvgIpc) is 2.96. The van der Waals surface area contributed by atoms with Crippen molar-refractivity contribution in [2.45, 2.75) is 25.5 Å². The summed E-state index contributed by atoms with van der Waals surface area (Å²) in [6.45, 7) is 2.56. The Morgan fingerprint density at radius 1 is 1.28 bits per heavy atom. The highest BCUT2D eigenvalue weighted by Gasteiger charge is 2.28. The van der Waals surface area contributed by atoms with Crippen LogP contribution in [0.1, 0.15) is 24.1 Å². The van der Waals surface area contributed by atoms with Crippen LogP contribution in [0.3, 0.4) is 0 Å². The lowest BCUT2D eigenvalue weighted by molar-refractivity contribution is 0.193. The van der Waals surface area contributed by atoms with Gasteiger partial charge in [-0.1, -0.05) is 18.2 Å². The van der Waals surface area contributed by atoms with Gasteiger partial charge < -0.3 is 10.4 Å². The molecule has 5 nitrogen and oxygen atoms in total. The van der Waals surface area contributed by atoms with Gasteiger partial charge in [-0.2, -0.15) is 0 Å². The summed E-state index contributed by atoms with van der Waals surface area (Å²) in [5.74, 6) is 1.73. The molecule has 2 aromatic rings. The van der Waals surface area contributed by atoms with Crippen molar-refractivity contribution in [2.24, 2.45) is 0 Å². The maximum absolute atomic E-state index is 9.61. The summed E-state index contributed by atoms with van der Waals surface area (Å²) in [5.41, 5.74) is 1.05. The molecule has 0 saturated carbocycles. The van der Waals surface area contributed by atoms with Crippen molar-refractivity contribution in [3.05, 3.63) is 42.0 Å². The Balaban J connectivity index is 2.02. The summed E-state index contributed by atoms with van der Waals surface area (Å²) in [6.07, 6.45) is 0.390. The van der Waals surface area contributed by atoms with Gasteiger partial charge >= 0.3 is 0 Å². The smallest absolute Gasteiger partial charge is 0.154 e. The predicted molar refractivity (Wildman–Crippen MR) is 67.5 cm³/mol. The lowest BCUT2D eigenvalue weighted by Gasteiger charge is -2.13. The first-order chi connectivity index (χ1) is 8.75. The standard InChI is InChI=1S/C13H16N4O/c1-9-15-16-13(12-7-11(18)8-14-12)17(9)10-5-3-2-4-6-10/h2-6,11-12,14,18H,7-8H2,1H3. The predicted octanol–water partition coefficient (Wildman–Crippen LogP) is 0.971. The Kier molecular flexibility index (Phi) is 2.85. The van der Waals surface area contributed by atoms with E-state index in [1.165, 1.54) is 0 Å². The third-order valence-electron chi connectivity index (χ3n) is 3.28. The van der Waals surface area contributed by atoms with E-state index in [1.807, 2.05) is 41.8 Å². The van der Waals surface area contributed by atoms with Crippen molar-refractivity contribution in [3.8, 4) is 5.69 Å². The lowest BCUT2D eigenvalue weighted by Crippen LogP contribution is -2.18. The Morgan fingerprint density at radius 2 is 2.06 bits per heavy atom. The van der Waals surface area contributed by atoms with Crippen LogP contribution in [0.25, 0.3) is 5.69 Å². The van der Waals surface area contributed by atoms with Crippen LogP contribution in [0.2, 0.25) is 0 Å². The third-order valence-corrected chi connectivity index (χ3v) is 3.28. The van der Waals surface area contributed by atoms with Gasteiger partial charge in [0.25, 0.3) is 0 Å². The van der Waals surface area contributed by atoms with Gasteiger partial charge in [0.15, 0.2) is 5.82 Å². The van der Waals surface area contributed by atoms with Crippen molar-refractivity contribution in [1.29, 1.82) is 0 Å². The number of aromatic nitrogens is 3. The van der Waals surface area contributed by atoms with Gasteiger partial charge in [-0.05, 0) is 25.5 Å². The molecule has 0 bridgehead atoms. The molecule has 1 aliphatic rings. The molecule has 1 aliphatic heterocycles. The second-order valence-electron chi connectivity index (χ2n) is 4.63. The normalized spacial score (nSPS) is 23.4. The molecule has 94 valence electrons. The highest BCUT2D eigenvalue weighted by Crippen LogP contribution is 2.24. The molecule has 2 unspecified atom stereocenters. The second-order valence-corrected chi connectivity index (χ2v) is 4.63. The zero-order chi connectivity index (χ0) is 12.5. The molecule has 18 heavy (non-hydrogen) atoms. The molecular weight excluding hydrogens is 228 g/mol. The Bertz CT molecular complexity index is 537. The van der Waals surface area contributed by atoms with E-state index < -0.39 is 0 Å². The first kappa shape index (κ1) is 11.4. The summed E-state index contributed by atoms with van der Waals surface area (Å²) < 4.78 is 2.04. The monoisotopic (exact) mass is 244 g/mol. The van der Waals surface area contributed by atoms with Gasteiger partial charge in [-0.3, -0.25) is 4.57 Å². The van der Waals surface area contributed by atoms with E-state index in [4.69, 9.17) is 0 Å². The fourth-order valence-electron chi connectivity index (χ4n) is 2.41. The average molecular weight is 244 g/mol. The van der Waals surface area contributed by atoms with Crippen molar-refractivity contribution < 1.29 is 5.11 Å². The zero-order valence-electron chi connectivity index (χ0n) is 10.2. The molecule has 5 heteroatoms. The van der Waals surface area contributed by atoms with E-state index >= 15 is 0 Å². The number of β-amino-alcohol motifs (C(OH)–C–C–N with tert-alkyl or cyclic N) is 1. The molecule has 1 saturated heterocycles. The Morgan fingerprint density at radius 3 is 2.72 bits per heavy atom. The number of aliphatic hydroxyl groups excluding tert-OH is 1. The van der Waals surface area contributed by atoms with E-state index in [0.29, 0.717) is 13.0 Å². The van der Waals surface area contributed by atoms with Gasteiger partial charge in [-0.15, -0.1) is 10.2 Å². The minimum atomic E-state index is -0.295. The molecular formula is C13H16N4O. The maximum atomic E-state index is 9.61. The van der Waals surface area contributed by atoms with Crippen LogP contribution in [-0.2, 0) is 0 Å². The van der Waals surface area contributed by atoms with Crippen LogP contribution in [-0.4, -0.2) is 32.5 Å². The molecule has 0 aliphatic carbocycles. The summed E-state index contributed by atoms with van der Waals surface area (Å²) >= 11 is 0. The summed E-state index contributed by atoms with van der Waals surface area (Å²) in [5, 5.41) is 21.3. The molecule has 2 heterocycles. The molecule has 3 rings (SSSR count). The van der Waals surface area contributed by atoms with Crippen LogP contribution in [0.15, 0.2) is 30.3 Å². The van der Waals surface area contributed by atoms with Gasteiger partial charge in [0, 0.05) is 12.2 Å². The molecule has 2 N–H and O–H groups in total. The summed E-state index contributed by atoms with van der Waals surface area (Å²) in [4.78, 5) is 0. The first-order valence-corrected chi connectivity index (χ1v) is 6.14. The van der Waals surface area contributed by atoms with Crippen molar-refractivity contribution in [2.75, 3.05) is 6.54 Å². The molecule has 1 aromatic carbocycles. The number of hydrogen-bond donors (Lipinski definition) is 2. The van der Waals surface area contributed by atoms with Gasteiger partial charge in [0.1, 0.15) is 5.82 Å². The molecule has 0 spiro atoms. The van der Waals surface area contributed by atoms with E-state index in [2.05, 4.69) is 15.5 Å². The van der Waals surface area contributed by atoms with Crippen molar-refractivity contribution in [1.82, 2.24) is 20.1 Å². The quantitative estimate of drug-likeness (QED) is 0.826. The number of para-hydroxylation sites is 1. The minimum absolute atomic E-state index is 0.0707. The Labute approximate surface area is 105 Å². The highest BCUT2D eigenvalue weighted by molar-refractivity contribution is 5.34. The molecule has 0 radical (unpaired) electrons. The minimum Gasteiger partial charge on any atom is -0.392 e. The molecule has 0 amide bonds. The largest absolute Gasteiger partial charge is 0.392 e. The number of aliphatic hydroxyl groups is 1. The van der Waals surface area contributed by atoms with Crippen molar-refractivity contribution in [3.63, 3.8) is 0 Å². The third kappa shape index (κ3) is 1.91. The highest BCUT2D eigenvalue weighted by atomic mass is 16.3. The summed E-state index contributed by atoms with van der Waals surface area (Å²) in [7, 11) is 0. The molecule has 1 aromatic heterocycles. The number of nitrogens with one attached hydrogen (secondary N) is 1. The van der Waals surface area contributed by atoms with E-state index in [0.717, 1.165) is 17.3 Å². The van der Waals surface area contributed by atoms with Crippen LogP contribution < -0.4 is 5.32 Å². The number of hydrogen-bond acceptors (Lipinski definition) is 4. The number of benzene rings is 1. The summed E-state index contributed by atoms with van der Waals surface area (Å²) in [6, 6.07) is 10.1. The van der Waals surface area contributed by atoms with Crippen molar-refractivity contribution >= 4 is 0 Å². The number of nitrogens with zero attached hydrogens (tertiary/aromatic N) is 3. The SMILES string of the molecule is Cc1nnc(C2CC(O)CN2)n1-c1ccccc1. The van der Waals surface area contributed by atoms with Gasteiger partial charge in [-0.25, -0.2) is 0 Å². The maximum Gasteiger partial charge on any atom is 0.154 e. The van der Waals surface area contributed by atoms with Gasteiger partial charge in [0.05, 0.1) is 12.1 Å². The second kappa shape index (κ2) is 4.51. The lowest BCUT2D eigenvalue weighted by atomic mass is 10.2. The number of rotatable bonds is 2. The van der Waals surface area contributed by atoms with E-state index in [9.17, 15) is 5.11 Å². The van der Waals surface area contributed by atoms with Crippen LogP contribution in [0.4, 0.5) is 0 Å². The fraction of sp³-hybridized carbons (Fsp3) is 0.385. The van der Waals surface area contributed by atoms with E-state index in [1.54, 1.807) is 0 Å². The van der Waals surface area contributed by atoms with Crippen LogP contribution in [0.5, 0.6) is 0 Å².